The van der Waals surface area contributed by atoms with Crippen LogP contribution in [0.15, 0.2) is 24.3 Å². The standard InChI is InChI=1S/C28H41FO3/c1-27-13-11-20(30)16-18(27)5-8-21-22-9-10-24(28(22,2)14-12-23(21)27)26(32)25(31)15-17-3-6-19(29)7-4-17/h3-4,6-7,18,20-26,30-32H,5,8-16H2,1-2H3/t18-,20-,21-,22-,23-,24+,25-,26-,27-,28-/m0/s1. The van der Waals surface area contributed by atoms with E-state index in [1.54, 1.807) is 12.1 Å². The maximum Gasteiger partial charge on any atom is 0.123 e. The van der Waals surface area contributed by atoms with Gasteiger partial charge in [0.25, 0.3) is 0 Å². The van der Waals surface area contributed by atoms with Crippen LogP contribution in [0.5, 0.6) is 0 Å². The van der Waals surface area contributed by atoms with Crippen molar-refractivity contribution in [3.8, 4) is 0 Å². The first kappa shape index (κ1) is 22.8. The van der Waals surface area contributed by atoms with E-state index in [-0.39, 0.29) is 23.3 Å². The maximum absolute atomic E-state index is 13.2. The van der Waals surface area contributed by atoms with Gasteiger partial charge >= 0.3 is 0 Å². The first-order valence-corrected chi connectivity index (χ1v) is 13.0. The molecule has 0 heterocycles. The Morgan fingerprint density at radius 2 is 1.59 bits per heavy atom. The summed E-state index contributed by atoms with van der Waals surface area (Å²) in [5, 5.41) is 32.4. The van der Waals surface area contributed by atoms with Crippen LogP contribution in [0.25, 0.3) is 0 Å². The number of hydrogen-bond acceptors (Lipinski definition) is 3. The Kier molecular flexibility index (Phi) is 5.96. The smallest absolute Gasteiger partial charge is 0.123 e. The molecule has 4 fully saturated rings. The lowest BCUT2D eigenvalue weighted by atomic mass is 9.44. The fourth-order valence-electron chi connectivity index (χ4n) is 9.09. The molecule has 4 heteroatoms. The highest BCUT2D eigenvalue weighted by Gasteiger charge is 2.61. The molecule has 10 atom stereocenters. The molecular formula is C28H41FO3. The molecule has 178 valence electrons. The van der Waals surface area contributed by atoms with Gasteiger partial charge in [-0.1, -0.05) is 26.0 Å². The molecule has 0 aliphatic heterocycles. The van der Waals surface area contributed by atoms with Crippen molar-refractivity contribution in [3.05, 3.63) is 35.6 Å². The second kappa shape index (κ2) is 8.36. The second-order valence-corrected chi connectivity index (χ2v) is 12.2. The number of aliphatic hydroxyl groups excluding tert-OH is 3. The zero-order valence-corrected chi connectivity index (χ0v) is 19.7. The third-order valence-corrected chi connectivity index (χ3v) is 10.9. The van der Waals surface area contributed by atoms with Crippen molar-refractivity contribution in [1.29, 1.82) is 0 Å². The SMILES string of the molecule is C[C@]12CC[C@H](O)C[C@@H]1CC[C@@H]1[C@@H]2CC[C@]2(C)[C@@H]([C@H](O)[C@@H](O)Cc3ccc(F)cc3)CC[C@@H]12. The lowest BCUT2D eigenvalue weighted by Crippen LogP contribution is -2.55. The summed E-state index contributed by atoms with van der Waals surface area (Å²) in [5.41, 5.74) is 1.32. The van der Waals surface area contributed by atoms with E-state index in [1.165, 1.54) is 31.4 Å². The van der Waals surface area contributed by atoms with Crippen LogP contribution in [0.3, 0.4) is 0 Å². The summed E-state index contributed by atoms with van der Waals surface area (Å²) in [4.78, 5) is 0. The van der Waals surface area contributed by atoms with Crippen LogP contribution in [0.4, 0.5) is 4.39 Å². The summed E-state index contributed by atoms with van der Waals surface area (Å²) in [6, 6.07) is 6.25. The maximum atomic E-state index is 13.2. The van der Waals surface area contributed by atoms with Crippen molar-refractivity contribution in [2.75, 3.05) is 0 Å². The molecule has 0 saturated heterocycles. The Balaban J connectivity index is 1.31. The summed E-state index contributed by atoms with van der Waals surface area (Å²) in [5.74, 6) is 2.61. The van der Waals surface area contributed by atoms with Crippen molar-refractivity contribution in [1.82, 2.24) is 0 Å². The predicted molar refractivity (Wildman–Crippen MR) is 123 cm³/mol. The van der Waals surface area contributed by atoms with Crippen molar-refractivity contribution in [2.24, 2.45) is 40.4 Å². The Morgan fingerprint density at radius 1 is 0.906 bits per heavy atom. The molecule has 0 unspecified atom stereocenters. The van der Waals surface area contributed by atoms with Gasteiger partial charge in [0, 0.05) is 6.42 Å². The van der Waals surface area contributed by atoms with Crippen LogP contribution < -0.4 is 0 Å². The summed E-state index contributed by atoms with van der Waals surface area (Å²) in [6.45, 7) is 4.90. The molecule has 1 aromatic carbocycles. The van der Waals surface area contributed by atoms with Gasteiger partial charge in [0.2, 0.25) is 0 Å². The van der Waals surface area contributed by atoms with Gasteiger partial charge in [0.15, 0.2) is 0 Å². The fraction of sp³-hybridized carbons (Fsp3) is 0.786. The number of aliphatic hydroxyl groups is 3. The Morgan fingerprint density at radius 3 is 2.34 bits per heavy atom. The molecule has 0 radical (unpaired) electrons. The topological polar surface area (TPSA) is 60.7 Å². The molecule has 5 rings (SSSR count). The van der Waals surface area contributed by atoms with Gasteiger partial charge in [-0.2, -0.15) is 0 Å². The second-order valence-electron chi connectivity index (χ2n) is 12.2. The highest BCUT2D eigenvalue weighted by atomic mass is 19.1. The van der Waals surface area contributed by atoms with E-state index >= 15 is 0 Å². The zero-order valence-electron chi connectivity index (χ0n) is 19.7. The van der Waals surface area contributed by atoms with Crippen LogP contribution in [0, 0.1) is 46.2 Å². The van der Waals surface area contributed by atoms with E-state index in [2.05, 4.69) is 13.8 Å². The molecule has 0 aromatic heterocycles. The van der Waals surface area contributed by atoms with Gasteiger partial charge in [0.05, 0.1) is 18.3 Å². The third kappa shape index (κ3) is 3.65. The zero-order chi connectivity index (χ0) is 22.7. The Labute approximate surface area is 192 Å². The van der Waals surface area contributed by atoms with E-state index in [9.17, 15) is 19.7 Å². The lowest BCUT2D eigenvalue weighted by molar-refractivity contribution is -0.139. The van der Waals surface area contributed by atoms with Gasteiger partial charge in [-0.3, -0.25) is 0 Å². The first-order chi connectivity index (χ1) is 15.2. The molecular weight excluding hydrogens is 403 g/mol. The minimum absolute atomic E-state index is 0.0851. The molecule has 0 spiro atoms. The van der Waals surface area contributed by atoms with Crippen LogP contribution in [-0.2, 0) is 6.42 Å². The molecule has 1 aromatic rings. The van der Waals surface area contributed by atoms with Crippen molar-refractivity contribution in [3.63, 3.8) is 0 Å². The van der Waals surface area contributed by atoms with Crippen molar-refractivity contribution in [2.45, 2.75) is 96.4 Å². The quantitative estimate of drug-likeness (QED) is 0.605. The fourth-order valence-corrected chi connectivity index (χ4v) is 9.09. The van der Waals surface area contributed by atoms with Crippen molar-refractivity contribution >= 4 is 0 Å². The predicted octanol–water partition coefficient (Wildman–Crippen LogP) is 5.11. The summed E-state index contributed by atoms with van der Waals surface area (Å²) in [7, 11) is 0. The number of fused-ring (bicyclic) bond motifs is 5. The van der Waals surface area contributed by atoms with Gasteiger partial charge in [-0.05, 0) is 116 Å². The van der Waals surface area contributed by atoms with Crippen LogP contribution in [0.1, 0.15) is 77.2 Å². The highest BCUT2D eigenvalue weighted by molar-refractivity contribution is 5.18. The highest BCUT2D eigenvalue weighted by Crippen LogP contribution is 2.67. The average Bonchev–Trinajstić information content (AvgIpc) is 3.12. The normalized spacial score (nSPS) is 45.4. The minimum atomic E-state index is -0.813. The molecule has 32 heavy (non-hydrogen) atoms. The van der Waals surface area contributed by atoms with Gasteiger partial charge in [0.1, 0.15) is 5.82 Å². The lowest BCUT2D eigenvalue weighted by Gasteiger charge is -2.61. The molecule has 3 nitrogen and oxygen atoms in total. The summed E-state index contributed by atoms with van der Waals surface area (Å²) >= 11 is 0. The molecule has 4 saturated carbocycles. The van der Waals surface area contributed by atoms with Crippen LogP contribution in [-0.4, -0.2) is 33.6 Å². The van der Waals surface area contributed by atoms with E-state index in [4.69, 9.17) is 0 Å². The number of hydrogen-bond donors (Lipinski definition) is 3. The van der Waals surface area contributed by atoms with E-state index in [1.807, 2.05) is 0 Å². The summed E-state index contributed by atoms with van der Waals surface area (Å²) in [6.07, 6.45) is 8.82. The van der Waals surface area contributed by atoms with E-state index < -0.39 is 12.2 Å². The number of benzene rings is 1. The van der Waals surface area contributed by atoms with E-state index in [0.717, 1.165) is 55.9 Å². The molecule has 0 bridgehead atoms. The molecule has 4 aliphatic carbocycles. The van der Waals surface area contributed by atoms with E-state index in [0.29, 0.717) is 23.7 Å². The van der Waals surface area contributed by atoms with Crippen LogP contribution >= 0.6 is 0 Å². The molecule has 4 aliphatic rings. The Hall–Kier alpha value is -0.970. The average molecular weight is 445 g/mol. The Bertz CT molecular complexity index is 811. The van der Waals surface area contributed by atoms with Crippen molar-refractivity contribution < 1.29 is 19.7 Å². The minimum Gasteiger partial charge on any atom is -0.393 e. The molecule has 0 amide bonds. The summed E-state index contributed by atoms with van der Waals surface area (Å²) < 4.78 is 13.2. The first-order valence-electron chi connectivity index (χ1n) is 13.0. The van der Waals surface area contributed by atoms with Gasteiger partial charge < -0.3 is 15.3 Å². The van der Waals surface area contributed by atoms with Crippen LogP contribution in [0.2, 0.25) is 0 Å². The largest absolute Gasteiger partial charge is 0.393 e. The monoisotopic (exact) mass is 444 g/mol. The van der Waals surface area contributed by atoms with Gasteiger partial charge in [-0.25, -0.2) is 4.39 Å². The van der Waals surface area contributed by atoms with Gasteiger partial charge in [-0.15, -0.1) is 0 Å². The number of rotatable bonds is 4. The molecule has 3 N–H and O–H groups in total. The number of halogens is 1. The third-order valence-electron chi connectivity index (χ3n) is 10.9.